The third-order valence-electron chi connectivity index (χ3n) is 4.67. The molecule has 0 bridgehead atoms. The highest BCUT2D eigenvalue weighted by Crippen LogP contribution is 2.46. The summed E-state index contributed by atoms with van der Waals surface area (Å²) in [5.41, 5.74) is -0.217. The fraction of sp³-hybridized carbons (Fsp3) is 0.444. The first-order chi connectivity index (χ1) is 12.3. The zero-order valence-electron chi connectivity index (χ0n) is 14.5. The zero-order valence-corrected chi connectivity index (χ0v) is 14.5. The molecule has 140 valence electrons. The predicted octanol–water partition coefficient (Wildman–Crippen LogP) is 3.52. The second-order valence-electron chi connectivity index (χ2n) is 6.95. The summed E-state index contributed by atoms with van der Waals surface area (Å²) < 4.78 is 40.3. The number of hydrogen-bond donors (Lipinski definition) is 1. The maximum atomic E-state index is 12.8. The van der Waals surface area contributed by atoms with Crippen LogP contribution < -0.4 is 5.32 Å². The monoisotopic (exact) mass is 366 g/mol. The lowest BCUT2D eigenvalue weighted by atomic mass is 10.1. The second-order valence-corrected chi connectivity index (χ2v) is 6.95. The van der Waals surface area contributed by atoms with E-state index in [1.807, 2.05) is 10.8 Å². The van der Waals surface area contributed by atoms with Crippen molar-refractivity contribution in [3.8, 4) is 0 Å². The smallest absolute Gasteiger partial charge is 0.337 e. The van der Waals surface area contributed by atoms with Crippen LogP contribution >= 0.6 is 0 Å². The van der Waals surface area contributed by atoms with Gasteiger partial charge in [-0.15, -0.1) is 0 Å². The lowest BCUT2D eigenvalue weighted by Gasteiger charge is -2.22. The maximum absolute atomic E-state index is 12.8. The van der Waals surface area contributed by atoms with Gasteiger partial charge in [-0.05, 0) is 30.5 Å². The fourth-order valence-corrected chi connectivity index (χ4v) is 2.92. The highest BCUT2D eigenvalue weighted by Gasteiger charge is 2.43. The Morgan fingerprint density at radius 3 is 2.77 bits per heavy atom. The van der Waals surface area contributed by atoms with Crippen LogP contribution in [0.25, 0.3) is 0 Å². The lowest BCUT2D eigenvalue weighted by molar-refractivity contribution is -0.137. The minimum Gasteiger partial charge on any atom is -0.337 e. The van der Waals surface area contributed by atoms with Gasteiger partial charge in [-0.3, -0.25) is 0 Å². The van der Waals surface area contributed by atoms with E-state index in [1.165, 1.54) is 11.0 Å². The van der Waals surface area contributed by atoms with Crippen molar-refractivity contribution >= 4 is 6.03 Å². The maximum Gasteiger partial charge on any atom is 0.416 e. The van der Waals surface area contributed by atoms with Crippen molar-refractivity contribution in [3.05, 3.63) is 54.1 Å². The molecule has 26 heavy (non-hydrogen) atoms. The van der Waals surface area contributed by atoms with Crippen LogP contribution in [0.2, 0.25) is 0 Å². The van der Waals surface area contributed by atoms with Crippen molar-refractivity contribution < 1.29 is 18.0 Å². The highest BCUT2D eigenvalue weighted by atomic mass is 19.4. The normalized spacial score (nSPS) is 15.5. The largest absolute Gasteiger partial charge is 0.416 e. The lowest BCUT2D eigenvalue weighted by Crippen LogP contribution is -2.40. The van der Waals surface area contributed by atoms with E-state index in [-0.39, 0.29) is 18.0 Å². The van der Waals surface area contributed by atoms with E-state index in [0.29, 0.717) is 12.1 Å². The number of halogens is 3. The summed E-state index contributed by atoms with van der Waals surface area (Å²) in [6, 6.07) is 4.75. The number of alkyl halides is 3. The van der Waals surface area contributed by atoms with Crippen LogP contribution in [0.15, 0.2) is 43.0 Å². The second kappa shape index (κ2) is 7.01. The summed E-state index contributed by atoms with van der Waals surface area (Å²) in [6.07, 6.45) is 3.04. The fourth-order valence-electron chi connectivity index (χ4n) is 2.92. The van der Waals surface area contributed by atoms with Gasteiger partial charge in [0.05, 0.1) is 11.9 Å². The molecule has 1 aliphatic rings. The SMILES string of the molecule is CN(Cc1cccc(C(F)(F)F)c1)C(=O)NCC1(Cn2ccnc2)CC1. The molecule has 8 heteroatoms. The van der Waals surface area contributed by atoms with Crippen molar-refractivity contribution in [2.24, 2.45) is 5.41 Å². The van der Waals surface area contributed by atoms with Gasteiger partial charge in [0.1, 0.15) is 0 Å². The molecule has 2 aromatic rings. The zero-order chi connectivity index (χ0) is 18.8. The Balaban J connectivity index is 1.52. The van der Waals surface area contributed by atoms with Crippen molar-refractivity contribution in [2.75, 3.05) is 13.6 Å². The number of nitrogens with one attached hydrogen (secondary N) is 1. The summed E-state index contributed by atoms with van der Waals surface area (Å²) in [5, 5.41) is 2.89. The van der Waals surface area contributed by atoms with Crippen molar-refractivity contribution in [1.82, 2.24) is 19.8 Å². The van der Waals surface area contributed by atoms with Crippen LogP contribution in [0, 0.1) is 5.41 Å². The number of rotatable bonds is 6. The van der Waals surface area contributed by atoms with Crippen LogP contribution in [0.1, 0.15) is 24.0 Å². The highest BCUT2D eigenvalue weighted by molar-refractivity contribution is 5.73. The van der Waals surface area contributed by atoms with E-state index in [4.69, 9.17) is 0 Å². The van der Waals surface area contributed by atoms with E-state index < -0.39 is 11.7 Å². The first-order valence-electron chi connectivity index (χ1n) is 8.38. The van der Waals surface area contributed by atoms with Crippen molar-refractivity contribution in [3.63, 3.8) is 0 Å². The molecule has 3 rings (SSSR count). The van der Waals surface area contributed by atoms with E-state index in [0.717, 1.165) is 31.5 Å². The Labute approximate surface area is 149 Å². The average molecular weight is 366 g/mol. The van der Waals surface area contributed by atoms with Crippen molar-refractivity contribution in [2.45, 2.75) is 32.1 Å². The minimum absolute atomic E-state index is 0.0490. The van der Waals surface area contributed by atoms with Crippen molar-refractivity contribution in [1.29, 1.82) is 0 Å². The first kappa shape index (κ1) is 18.3. The summed E-state index contributed by atoms with van der Waals surface area (Å²) >= 11 is 0. The standard InChI is InChI=1S/C18H21F3N4O/c1-24(10-14-3-2-4-15(9-14)18(19,20)21)16(26)23-11-17(5-6-17)12-25-8-7-22-13-25/h2-4,7-9,13H,5-6,10-12H2,1H3,(H,23,26). The number of hydrogen-bond acceptors (Lipinski definition) is 2. The quantitative estimate of drug-likeness (QED) is 0.850. The molecule has 1 fully saturated rings. The van der Waals surface area contributed by atoms with Gasteiger partial charge >= 0.3 is 12.2 Å². The molecule has 2 amide bonds. The number of amides is 2. The molecular weight excluding hydrogens is 345 g/mol. The Morgan fingerprint density at radius 2 is 2.15 bits per heavy atom. The van der Waals surface area contributed by atoms with Crippen LogP contribution in [-0.2, 0) is 19.3 Å². The molecule has 1 heterocycles. The van der Waals surface area contributed by atoms with Crippen LogP contribution in [0.4, 0.5) is 18.0 Å². The van der Waals surface area contributed by atoms with Gasteiger partial charge in [0.15, 0.2) is 0 Å². The molecule has 0 atom stereocenters. The van der Waals surface area contributed by atoms with Crippen LogP contribution in [-0.4, -0.2) is 34.1 Å². The van der Waals surface area contributed by atoms with E-state index in [1.54, 1.807) is 25.6 Å². The third-order valence-corrected chi connectivity index (χ3v) is 4.67. The molecule has 0 saturated heterocycles. The molecule has 1 aromatic heterocycles. The molecule has 1 saturated carbocycles. The molecule has 0 unspecified atom stereocenters. The number of aromatic nitrogens is 2. The summed E-state index contributed by atoms with van der Waals surface area (Å²) in [7, 11) is 1.57. The summed E-state index contributed by atoms with van der Waals surface area (Å²) in [6.45, 7) is 1.45. The molecular formula is C18H21F3N4O. The molecule has 0 spiro atoms. The molecule has 1 aliphatic carbocycles. The van der Waals surface area contributed by atoms with Gasteiger partial charge in [0, 0.05) is 44.5 Å². The average Bonchev–Trinajstić information content (AvgIpc) is 3.15. The Morgan fingerprint density at radius 1 is 1.38 bits per heavy atom. The molecule has 1 N–H and O–H groups in total. The van der Waals surface area contributed by atoms with Gasteiger partial charge < -0.3 is 14.8 Å². The number of imidazole rings is 1. The Hall–Kier alpha value is -2.51. The van der Waals surface area contributed by atoms with E-state index >= 15 is 0 Å². The van der Waals surface area contributed by atoms with E-state index in [9.17, 15) is 18.0 Å². The summed E-state index contributed by atoms with van der Waals surface area (Å²) in [5.74, 6) is 0. The Kier molecular flexibility index (Phi) is 4.93. The molecule has 0 radical (unpaired) electrons. The van der Waals surface area contributed by atoms with Gasteiger partial charge in [0.2, 0.25) is 0 Å². The van der Waals surface area contributed by atoms with Gasteiger partial charge in [-0.2, -0.15) is 13.2 Å². The number of urea groups is 1. The number of benzene rings is 1. The first-order valence-corrected chi connectivity index (χ1v) is 8.38. The topological polar surface area (TPSA) is 50.2 Å². The molecule has 5 nitrogen and oxygen atoms in total. The van der Waals surface area contributed by atoms with Crippen LogP contribution in [0.3, 0.4) is 0 Å². The number of carbonyl (C=O) groups is 1. The van der Waals surface area contributed by atoms with Crippen LogP contribution in [0.5, 0.6) is 0 Å². The van der Waals surface area contributed by atoms with Gasteiger partial charge in [0.25, 0.3) is 0 Å². The third kappa shape index (κ3) is 4.56. The van der Waals surface area contributed by atoms with Gasteiger partial charge in [-0.25, -0.2) is 9.78 Å². The number of nitrogens with zero attached hydrogens (tertiary/aromatic N) is 3. The van der Waals surface area contributed by atoms with E-state index in [2.05, 4.69) is 10.3 Å². The minimum atomic E-state index is -4.39. The summed E-state index contributed by atoms with van der Waals surface area (Å²) in [4.78, 5) is 17.7. The number of carbonyl (C=O) groups excluding carboxylic acids is 1. The molecule has 1 aromatic carbocycles. The molecule has 0 aliphatic heterocycles. The van der Waals surface area contributed by atoms with Gasteiger partial charge in [-0.1, -0.05) is 12.1 Å². The Bertz CT molecular complexity index is 754. The predicted molar refractivity (Wildman–Crippen MR) is 90.2 cm³/mol.